The van der Waals surface area contributed by atoms with Crippen molar-refractivity contribution in [1.29, 1.82) is 0 Å². The highest BCUT2D eigenvalue weighted by atomic mass is 15.3. The Balaban J connectivity index is 0. The van der Waals surface area contributed by atoms with Crippen LogP contribution >= 0.6 is 0 Å². The maximum atomic E-state index is 2.53. The van der Waals surface area contributed by atoms with E-state index in [1.807, 2.05) is 0 Å². The fourth-order valence-electron chi connectivity index (χ4n) is 2.68. The Morgan fingerprint density at radius 2 is 0.727 bits per heavy atom. The first-order valence-corrected chi connectivity index (χ1v) is 8.25. The lowest BCUT2D eigenvalue weighted by Gasteiger charge is -2.34. The summed E-state index contributed by atoms with van der Waals surface area (Å²) in [7, 11) is 4.38. The molecule has 0 amide bonds. The van der Waals surface area contributed by atoms with E-state index in [0.29, 0.717) is 0 Å². The van der Waals surface area contributed by atoms with Crippen LogP contribution < -0.4 is 0 Å². The van der Waals surface area contributed by atoms with E-state index in [1.165, 1.54) is 52.4 Å². The Hall–Kier alpha value is -0.160. The summed E-state index contributed by atoms with van der Waals surface area (Å²) >= 11 is 0. The maximum Gasteiger partial charge on any atom is 0.0112 e. The highest BCUT2D eigenvalue weighted by Crippen LogP contribution is 2.03. The number of hydrogen-bond acceptors (Lipinski definition) is 4. The van der Waals surface area contributed by atoms with Crippen LogP contribution in [0.25, 0.3) is 0 Å². The molecule has 2 aliphatic heterocycles. The van der Waals surface area contributed by atoms with Gasteiger partial charge in [-0.25, -0.2) is 0 Å². The van der Waals surface area contributed by atoms with Crippen molar-refractivity contribution in [2.24, 2.45) is 0 Å². The number of rotatable bonds is 2. The molecule has 0 saturated carbocycles. The number of likely N-dealkylation sites (N-methyl/N-ethyl adjacent to an activating group) is 2. The Morgan fingerprint density at radius 3 is 0.909 bits per heavy atom. The second-order valence-corrected chi connectivity index (χ2v) is 6.87. The second-order valence-electron chi connectivity index (χ2n) is 6.87. The topological polar surface area (TPSA) is 13.0 Å². The summed E-state index contributed by atoms with van der Waals surface area (Å²) in [6.07, 6.45) is 0. The van der Waals surface area contributed by atoms with Gasteiger partial charge in [-0.15, -0.1) is 0 Å². The molecule has 2 saturated heterocycles. The zero-order valence-corrected chi connectivity index (χ0v) is 14.6. The first-order chi connectivity index (χ1) is 9.40. The Kier molecular flexibility index (Phi) is 13.5. The summed E-state index contributed by atoms with van der Waals surface area (Å²) in [6, 6.07) is 1.46. The van der Waals surface area contributed by atoms with Crippen LogP contribution in [0.15, 0.2) is 0 Å². The molecular weight excluding hydrogens is 272 g/mol. The SMILES string of the molecule is C.C.CC(C)N1CCN(C)CC1.CC(C)N1CCN(C)CC1. The van der Waals surface area contributed by atoms with Gasteiger partial charge >= 0.3 is 0 Å². The van der Waals surface area contributed by atoms with Crippen LogP contribution in [0.2, 0.25) is 0 Å². The average molecular weight is 317 g/mol. The van der Waals surface area contributed by atoms with Gasteiger partial charge in [0.05, 0.1) is 0 Å². The van der Waals surface area contributed by atoms with Gasteiger partial charge in [-0.2, -0.15) is 0 Å². The van der Waals surface area contributed by atoms with Crippen LogP contribution in [0.4, 0.5) is 0 Å². The molecule has 22 heavy (non-hydrogen) atoms. The van der Waals surface area contributed by atoms with Gasteiger partial charge in [0.2, 0.25) is 0 Å². The van der Waals surface area contributed by atoms with Crippen molar-refractivity contribution >= 4 is 0 Å². The molecule has 0 bridgehead atoms. The Bertz CT molecular complexity index is 213. The largest absolute Gasteiger partial charge is 0.304 e. The van der Waals surface area contributed by atoms with Gasteiger partial charge < -0.3 is 9.80 Å². The molecule has 2 rings (SSSR count). The van der Waals surface area contributed by atoms with Crippen molar-refractivity contribution in [3.8, 4) is 0 Å². The first kappa shape index (κ1) is 24.1. The average Bonchev–Trinajstić information content (AvgIpc) is 2.40. The quantitative estimate of drug-likeness (QED) is 0.776. The van der Waals surface area contributed by atoms with Crippen LogP contribution in [0.1, 0.15) is 42.5 Å². The highest BCUT2D eigenvalue weighted by Gasteiger charge is 2.15. The molecule has 0 aliphatic carbocycles. The van der Waals surface area contributed by atoms with Gasteiger partial charge in [-0.1, -0.05) is 14.9 Å². The van der Waals surface area contributed by atoms with E-state index in [9.17, 15) is 0 Å². The number of nitrogens with zero attached hydrogens (tertiary/aromatic N) is 4. The fraction of sp³-hybridized carbons (Fsp3) is 1.00. The molecule has 136 valence electrons. The molecule has 2 heterocycles. The summed E-state index contributed by atoms with van der Waals surface area (Å²) in [6.45, 7) is 19.0. The molecule has 2 fully saturated rings. The summed E-state index contributed by atoms with van der Waals surface area (Å²) in [5.74, 6) is 0. The molecule has 2 aliphatic rings. The van der Waals surface area contributed by atoms with Crippen molar-refractivity contribution in [2.45, 2.75) is 54.6 Å². The van der Waals surface area contributed by atoms with Crippen LogP contribution in [0.3, 0.4) is 0 Å². The normalized spacial score (nSPS) is 21.8. The molecule has 0 N–H and O–H groups in total. The van der Waals surface area contributed by atoms with Crippen molar-refractivity contribution in [3.63, 3.8) is 0 Å². The predicted molar refractivity (Wildman–Crippen MR) is 102 cm³/mol. The molecule has 4 heteroatoms. The van der Waals surface area contributed by atoms with Crippen molar-refractivity contribution in [3.05, 3.63) is 0 Å². The molecule has 0 spiro atoms. The first-order valence-electron chi connectivity index (χ1n) is 8.25. The summed E-state index contributed by atoms with van der Waals surface area (Å²) < 4.78 is 0. The standard InChI is InChI=1S/2C8H18N2.2CH4/c2*1-8(2)10-6-4-9(3)5-7-10;;/h2*8H,4-7H2,1-3H3;2*1H4. The lowest BCUT2D eigenvalue weighted by atomic mass is 10.2. The maximum absolute atomic E-state index is 2.53. The van der Waals surface area contributed by atoms with Gasteiger partial charge in [0.1, 0.15) is 0 Å². The highest BCUT2D eigenvalue weighted by molar-refractivity contribution is 4.72. The summed E-state index contributed by atoms with van der Waals surface area (Å²) in [4.78, 5) is 9.83. The minimum atomic E-state index is 0. The Labute approximate surface area is 141 Å². The van der Waals surface area contributed by atoms with Gasteiger partial charge in [-0.05, 0) is 41.8 Å². The summed E-state index contributed by atoms with van der Waals surface area (Å²) in [5, 5.41) is 0. The molecule has 4 nitrogen and oxygen atoms in total. The second kappa shape index (κ2) is 12.3. The predicted octanol–water partition coefficient (Wildman–Crippen LogP) is 2.56. The van der Waals surface area contributed by atoms with E-state index in [4.69, 9.17) is 0 Å². The van der Waals surface area contributed by atoms with Crippen molar-refractivity contribution in [2.75, 3.05) is 66.5 Å². The van der Waals surface area contributed by atoms with E-state index in [-0.39, 0.29) is 14.9 Å². The van der Waals surface area contributed by atoms with Crippen LogP contribution in [-0.4, -0.2) is 98.1 Å². The molecular formula is C18H44N4. The minimum absolute atomic E-state index is 0. The van der Waals surface area contributed by atoms with Crippen molar-refractivity contribution in [1.82, 2.24) is 19.6 Å². The smallest absolute Gasteiger partial charge is 0.0112 e. The van der Waals surface area contributed by atoms with Crippen LogP contribution in [-0.2, 0) is 0 Å². The van der Waals surface area contributed by atoms with Gasteiger partial charge in [0, 0.05) is 64.4 Å². The fourth-order valence-corrected chi connectivity index (χ4v) is 2.68. The molecule has 0 aromatic carbocycles. The van der Waals surface area contributed by atoms with Crippen LogP contribution in [0.5, 0.6) is 0 Å². The molecule has 0 radical (unpaired) electrons. The van der Waals surface area contributed by atoms with E-state index in [2.05, 4.69) is 61.4 Å². The zero-order valence-electron chi connectivity index (χ0n) is 14.6. The van der Waals surface area contributed by atoms with Crippen LogP contribution in [0, 0.1) is 0 Å². The monoisotopic (exact) mass is 316 g/mol. The lowest BCUT2D eigenvalue weighted by molar-refractivity contribution is 0.126. The third kappa shape index (κ3) is 9.09. The molecule has 0 aromatic heterocycles. The number of piperazine rings is 2. The van der Waals surface area contributed by atoms with Gasteiger partial charge in [0.25, 0.3) is 0 Å². The van der Waals surface area contributed by atoms with E-state index >= 15 is 0 Å². The van der Waals surface area contributed by atoms with Gasteiger partial charge in [0.15, 0.2) is 0 Å². The lowest BCUT2D eigenvalue weighted by Crippen LogP contribution is -2.47. The van der Waals surface area contributed by atoms with Crippen molar-refractivity contribution < 1.29 is 0 Å². The minimum Gasteiger partial charge on any atom is -0.304 e. The summed E-state index contributed by atoms with van der Waals surface area (Å²) in [5.41, 5.74) is 0. The van der Waals surface area contributed by atoms with E-state index in [1.54, 1.807) is 0 Å². The van der Waals surface area contributed by atoms with Gasteiger partial charge in [-0.3, -0.25) is 9.80 Å². The zero-order chi connectivity index (χ0) is 15.1. The third-order valence-corrected chi connectivity index (χ3v) is 4.54. The molecule has 0 unspecified atom stereocenters. The molecule has 0 atom stereocenters. The van der Waals surface area contributed by atoms with E-state index < -0.39 is 0 Å². The number of hydrogen-bond donors (Lipinski definition) is 0. The van der Waals surface area contributed by atoms with E-state index in [0.717, 1.165) is 12.1 Å². The molecule has 0 aromatic rings. The third-order valence-electron chi connectivity index (χ3n) is 4.54. The Morgan fingerprint density at radius 1 is 0.500 bits per heavy atom.